The van der Waals surface area contributed by atoms with Crippen LogP contribution in [0.3, 0.4) is 0 Å². The first-order chi connectivity index (χ1) is 10.4. The van der Waals surface area contributed by atoms with Crippen molar-refractivity contribution < 1.29 is 9.84 Å². The molecule has 0 radical (unpaired) electrons. The van der Waals surface area contributed by atoms with Gasteiger partial charge in [0.15, 0.2) is 0 Å². The van der Waals surface area contributed by atoms with E-state index in [1.807, 2.05) is 0 Å². The Hall–Kier alpha value is -0.860. The summed E-state index contributed by atoms with van der Waals surface area (Å²) in [4.78, 5) is 0. The van der Waals surface area contributed by atoms with Crippen LogP contribution >= 0.6 is 0 Å². The molecule has 22 heavy (non-hydrogen) atoms. The van der Waals surface area contributed by atoms with Gasteiger partial charge in [0.1, 0.15) is 6.10 Å². The number of epoxide rings is 1. The Morgan fingerprint density at radius 1 is 0.955 bits per heavy atom. The van der Waals surface area contributed by atoms with Crippen molar-refractivity contribution in [2.75, 3.05) is 6.61 Å². The van der Waals surface area contributed by atoms with Gasteiger partial charge in [0.2, 0.25) is 0 Å². The van der Waals surface area contributed by atoms with E-state index >= 15 is 0 Å². The van der Waals surface area contributed by atoms with Gasteiger partial charge >= 0.3 is 0 Å². The molecule has 2 unspecified atom stereocenters. The lowest BCUT2D eigenvalue weighted by Gasteiger charge is -2.04. The normalized spacial score (nSPS) is 25.3. The average Bonchev–Trinajstić information content (AvgIpc) is 3.09. The van der Waals surface area contributed by atoms with E-state index in [9.17, 15) is 0 Å². The third kappa shape index (κ3) is 7.42. The van der Waals surface area contributed by atoms with Gasteiger partial charge in [-0.25, -0.2) is 0 Å². The third-order valence-electron chi connectivity index (χ3n) is 4.46. The standard InChI is InChI=1S/C20H34O2/c1-16(2)9-6-10-17(3)11-7-12-18(4)13-8-14-20(5)19(15-21)22-20/h9,11,13,19,21H,6-8,10,12,14-15H2,1-5H3/b17-11+,18-13+. The molecular formula is C20H34O2. The first-order valence-corrected chi connectivity index (χ1v) is 8.60. The highest BCUT2D eigenvalue weighted by atomic mass is 16.6. The predicted molar refractivity (Wildman–Crippen MR) is 95.0 cm³/mol. The molecule has 1 saturated heterocycles. The van der Waals surface area contributed by atoms with E-state index in [-0.39, 0.29) is 18.3 Å². The van der Waals surface area contributed by atoms with Gasteiger partial charge in [-0.1, -0.05) is 34.9 Å². The minimum absolute atomic E-state index is 0.0626. The third-order valence-corrected chi connectivity index (χ3v) is 4.46. The van der Waals surface area contributed by atoms with Crippen LogP contribution in [-0.4, -0.2) is 23.4 Å². The SMILES string of the molecule is CC(C)=CCC/C(C)=C/CC/C(C)=C/CCC1(C)OC1CO. The van der Waals surface area contributed by atoms with Gasteiger partial charge in [-0.3, -0.25) is 0 Å². The molecule has 1 aliphatic heterocycles. The summed E-state index contributed by atoms with van der Waals surface area (Å²) in [6.07, 6.45) is 13.7. The van der Waals surface area contributed by atoms with Crippen molar-refractivity contribution in [3.63, 3.8) is 0 Å². The van der Waals surface area contributed by atoms with Crippen molar-refractivity contribution in [1.82, 2.24) is 0 Å². The molecule has 1 aliphatic rings. The molecule has 0 bridgehead atoms. The highest BCUT2D eigenvalue weighted by Gasteiger charge is 2.50. The maximum Gasteiger partial charge on any atom is 0.110 e. The number of rotatable bonds is 10. The Kier molecular flexibility index (Phi) is 8.13. The van der Waals surface area contributed by atoms with Crippen LogP contribution in [0.2, 0.25) is 0 Å². The number of ether oxygens (including phenoxy) is 1. The molecule has 2 atom stereocenters. The number of hydrogen-bond donors (Lipinski definition) is 1. The van der Waals surface area contributed by atoms with Crippen LogP contribution < -0.4 is 0 Å². The van der Waals surface area contributed by atoms with E-state index in [0.29, 0.717) is 0 Å². The van der Waals surface area contributed by atoms with Crippen LogP contribution in [0, 0.1) is 0 Å². The predicted octanol–water partition coefficient (Wildman–Crippen LogP) is 5.34. The second-order valence-electron chi connectivity index (χ2n) is 7.10. The minimum atomic E-state index is -0.0764. The summed E-state index contributed by atoms with van der Waals surface area (Å²) < 4.78 is 5.51. The molecule has 1 heterocycles. The Morgan fingerprint density at radius 2 is 1.50 bits per heavy atom. The summed E-state index contributed by atoms with van der Waals surface area (Å²) >= 11 is 0. The molecule has 1 N–H and O–H groups in total. The van der Waals surface area contributed by atoms with Crippen LogP contribution in [0.15, 0.2) is 34.9 Å². The zero-order valence-electron chi connectivity index (χ0n) is 15.1. The summed E-state index contributed by atoms with van der Waals surface area (Å²) in [6.45, 7) is 11.0. The molecule has 0 saturated carbocycles. The van der Waals surface area contributed by atoms with Crippen molar-refractivity contribution in [3.8, 4) is 0 Å². The average molecular weight is 306 g/mol. The van der Waals surface area contributed by atoms with E-state index in [4.69, 9.17) is 9.84 Å². The lowest BCUT2D eigenvalue weighted by Crippen LogP contribution is -2.11. The zero-order valence-corrected chi connectivity index (χ0v) is 15.1. The maximum absolute atomic E-state index is 9.06. The lowest BCUT2D eigenvalue weighted by molar-refractivity contribution is 0.235. The first-order valence-electron chi connectivity index (χ1n) is 8.60. The second-order valence-corrected chi connectivity index (χ2v) is 7.10. The fourth-order valence-electron chi connectivity index (χ4n) is 2.69. The number of hydrogen-bond acceptors (Lipinski definition) is 2. The summed E-state index contributed by atoms with van der Waals surface area (Å²) in [5.41, 5.74) is 4.28. The summed E-state index contributed by atoms with van der Waals surface area (Å²) in [5, 5.41) is 9.06. The monoisotopic (exact) mass is 306 g/mol. The van der Waals surface area contributed by atoms with Crippen molar-refractivity contribution in [2.24, 2.45) is 0 Å². The highest BCUT2D eigenvalue weighted by Crippen LogP contribution is 2.39. The van der Waals surface area contributed by atoms with Gasteiger partial charge < -0.3 is 9.84 Å². The van der Waals surface area contributed by atoms with E-state index < -0.39 is 0 Å². The second kappa shape index (κ2) is 9.32. The molecule has 1 rings (SSSR count). The van der Waals surface area contributed by atoms with Crippen LogP contribution in [-0.2, 0) is 4.74 Å². The minimum Gasteiger partial charge on any atom is -0.394 e. The largest absolute Gasteiger partial charge is 0.394 e. The Morgan fingerprint density at radius 3 is 2.00 bits per heavy atom. The summed E-state index contributed by atoms with van der Waals surface area (Å²) in [6, 6.07) is 0. The molecular weight excluding hydrogens is 272 g/mol. The Bertz CT molecular complexity index is 427. The van der Waals surface area contributed by atoms with Gasteiger partial charge in [-0.05, 0) is 73.1 Å². The highest BCUT2D eigenvalue weighted by molar-refractivity contribution is 5.06. The van der Waals surface area contributed by atoms with Gasteiger partial charge in [-0.15, -0.1) is 0 Å². The van der Waals surface area contributed by atoms with E-state index in [1.165, 1.54) is 23.1 Å². The fraction of sp³-hybridized carbons (Fsp3) is 0.700. The molecule has 0 spiro atoms. The molecule has 0 aromatic rings. The quantitative estimate of drug-likeness (QED) is 0.437. The molecule has 0 amide bonds. The van der Waals surface area contributed by atoms with Crippen molar-refractivity contribution in [3.05, 3.63) is 34.9 Å². The van der Waals surface area contributed by atoms with E-state index in [2.05, 4.69) is 52.8 Å². The van der Waals surface area contributed by atoms with Crippen molar-refractivity contribution in [1.29, 1.82) is 0 Å². The molecule has 2 heteroatoms. The topological polar surface area (TPSA) is 32.8 Å². The van der Waals surface area contributed by atoms with Crippen molar-refractivity contribution in [2.45, 2.75) is 84.8 Å². The van der Waals surface area contributed by atoms with Gasteiger partial charge in [0.05, 0.1) is 12.2 Å². The van der Waals surface area contributed by atoms with E-state index in [1.54, 1.807) is 0 Å². The molecule has 126 valence electrons. The maximum atomic E-state index is 9.06. The van der Waals surface area contributed by atoms with Gasteiger partial charge in [-0.2, -0.15) is 0 Å². The molecule has 0 aromatic carbocycles. The fourth-order valence-corrected chi connectivity index (χ4v) is 2.69. The first kappa shape index (κ1) is 19.2. The van der Waals surface area contributed by atoms with Crippen LogP contribution in [0.5, 0.6) is 0 Å². The zero-order chi connectivity index (χ0) is 16.6. The smallest absolute Gasteiger partial charge is 0.110 e. The van der Waals surface area contributed by atoms with Gasteiger partial charge in [0, 0.05) is 0 Å². The van der Waals surface area contributed by atoms with Crippen LogP contribution in [0.1, 0.15) is 73.1 Å². The molecule has 0 aliphatic carbocycles. The molecule has 2 nitrogen and oxygen atoms in total. The number of aliphatic hydroxyl groups is 1. The van der Waals surface area contributed by atoms with Gasteiger partial charge in [0.25, 0.3) is 0 Å². The van der Waals surface area contributed by atoms with Crippen molar-refractivity contribution >= 4 is 0 Å². The van der Waals surface area contributed by atoms with Crippen LogP contribution in [0.4, 0.5) is 0 Å². The summed E-state index contributed by atoms with van der Waals surface area (Å²) in [7, 11) is 0. The van der Waals surface area contributed by atoms with Crippen LogP contribution in [0.25, 0.3) is 0 Å². The Balaban J connectivity index is 2.18. The van der Waals surface area contributed by atoms with E-state index in [0.717, 1.165) is 32.1 Å². The number of aliphatic hydroxyl groups excluding tert-OH is 1. The molecule has 1 fully saturated rings. The number of allylic oxidation sites excluding steroid dienone is 6. The summed E-state index contributed by atoms with van der Waals surface area (Å²) in [5.74, 6) is 0. The lowest BCUT2D eigenvalue weighted by atomic mass is 10.00. The molecule has 0 aromatic heterocycles. The Labute approximate surface area is 137 Å².